The maximum Gasteiger partial charge on any atom is 0.319 e. The van der Waals surface area contributed by atoms with Gasteiger partial charge < -0.3 is 9.30 Å². The van der Waals surface area contributed by atoms with Crippen LogP contribution < -0.4 is 0 Å². The molecule has 0 radical (unpaired) electrons. The summed E-state index contributed by atoms with van der Waals surface area (Å²) in [5.74, 6) is 0.533. The van der Waals surface area contributed by atoms with Gasteiger partial charge in [-0.3, -0.25) is 4.79 Å². The zero-order valence-electron chi connectivity index (χ0n) is 10.4. The molecule has 0 N–H and O–H groups in total. The molecule has 0 bridgehead atoms. The lowest BCUT2D eigenvalue weighted by Gasteiger charge is -2.19. The molecule has 5 heteroatoms. The van der Waals surface area contributed by atoms with Crippen molar-refractivity contribution in [3.8, 4) is 6.07 Å². The number of hydrogen-bond acceptors (Lipinski definition) is 4. The number of aromatic nitrogens is 2. The van der Waals surface area contributed by atoms with Crippen molar-refractivity contribution in [1.82, 2.24) is 9.55 Å². The zero-order valence-corrected chi connectivity index (χ0v) is 10.4. The van der Waals surface area contributed by atoms with E-state index in [9.17, 15) is 4.79 Å². The van der Waals surface area contributed by atoms with Crippen LogP contribution in [0.3, 0.4) is 0 Å². The van der Waals surface area contributed by atoms with E-state index >= 15 is 0 Å². The van der Waals surface area contributed by atoms with E-state index in [4.69, 9.17) is 10.00 Å². The largest absolute Gasteiger partial charge is 0.468 e. The van der Waals surface area contributed by atoms with Crippen molar-refractivity contribution in [2.75, 3.05) is 7.11 Å². The minimum absolute atomic E-state index is 0.217. The van der Waals surface area contributed by atoms with Crippen molar-refractivity contribution in [3.63, 3.8) is 0 Å². The van der Waals surface area contributed by atoms with Gasteiger partial charge in [0.15, 0.2) is 5.69 Å². The molecule has 1 aromatic rings. The molecule has 1 aliphatic carbocycles. The van der Waals surface area contributed by atoms with Gasteiger partial charge in [-0.25, -0.2) is 4.98 Å². The third kappa shape index (κ3) is 1.38. The first-order valence-electron chi connectivity index (χ1n) is 6.31. The molecule has 2 heterocycles. The van der Waals surface area contributed by atoms with E-state index in [0.717, 1.165) is 50.2 Å². The Hall–Kier alpha value is -1.83. The van der Waals surface area contributed by atoms with Crippen LogP contribution in [-0.2, 0) is 27.9 Å². The van der Waals surface area contributed by atoms with E-state index in [2.05, 4.69) is 15.6 Å². The van der Waals surface area contributed by atoms with E-state index in [-0.39, 0.29) is 5.97 Å². The molecule has 1 aliphatic heterocycles. The fourth-order valence-electron chi connectivity index (χ4n) is 2.84. The average molecular weight is 245 g/mol. The number of ether oxygens (including phenoxy) is 1. The third-order valence-corrected chi connectivity index (χ3v) is 3.98. The lowest BCUT2D eigenvalue weighted by atomic mass is 10.1. The number of imidazole rings is 1. The number of rotatable bonds is 2. The second kappa shape index (κ2) is 3.84. The first kappa shape index (κ1) is 11.3. The number of fused-ring (bicyclic) bond motifs is 1. The molecule has 94 valence electrons. The molecule has 18 heavy (non-hydrogen) atoms. The number of carbonyl (C=O) groups is 1. The normalized spacial score (nSPS) is 19.8. The number of methoxy groups -OCH3 is 1. The van der Waals surface area contributed by atoms with Crippen LogP contribution in [0.2, 0.25) is 0 Å². The number of nitriles is 1. The van der Waals surface area contributed by atoms with Crippen LogP contribution in [0.4, 0.5) is 0 Å². The summed E-state index contributed by atoms with van der Waals surface area (Å²) >= 11 is 0. The van der Waals surface area contributed by atoms with Crippen molar-refractivity contribution in [2.24, 2.45) is 0 Å². The maximum atomic E-state index is 11.9. The van der Waals surface area contributed by atoms with E-state index in [0.29, 0.717) is 5.69 Å². The van der Waals surface area contributed by atoms with Gasteiger partial charge in [0.2, 0.25) is 0 Å². The van der Waals surface area contributed by atoms with Crippen LogP contribution in [0.25, 0.3) is 0 Å². The summed E-state index contributed by atoms with van der Waals surface area (Å²) in [5, 5.41) is 9.15. The Balaban J connectivity index is 2.11. The number of esters is 1. The Morgan fingerprint density at radius 1 is 1.50 bits per heavy atom. The summed E-state index contributed by atoms with van der Waals surface area (Å²) in [7, 11) is 1.41. The van der Waals surface area contributed by atoms with Gasteiger partial charge >= 0.3 is 5.97 Å². The Kier molecular flexibility index (Phi) is 2.40. The van der Waals surface area contributed by atoms with Crippen LogP contribution >= 0.6 is 0 Å². The topological polar surface area (TPSA) is 67.9 Å². The lowest BCUT2D eigenvalue weighted by Crippen LogP contribution is -2.27. The molecule has 0 atom stereocenters. The predicted molar refractivity (Wildman–Crippen MR) is 62.8 cm³/mol. The minimum atomic E-state index is -0.573. The van der Waals surface area contributed by atoms with Crippen LogP contribution in [0, 0.1) is 11.3 Å². The van der Waals surface area contributed by atoms with Crippen molar-refractivity contribution < 1.29 is 9.53 Å². The zero-order chi connectivity index (χ0) is 12.8. The van der Waals surface area contributed by atoms with Gasteiger partial charge in [-0.2, -0.15) is 5.26 Å². The van der Waals surface area contributed by atoms with Gasteiger partial charge in [-0.05, 0) is 32.1 Å². The Labute approximate surface area is 105 Å². The van der Waals surface area contributed by atoms with E-state index < -0.39 is 5.41 Å². The molecule has 0 saturated heterocycles. The fourth-order valence-corrected chi connectivity index (χ4v) is 2.84. The molecule has 2 aliphatic rings. The average Bonchev–Trinajstić information content (AvgIpc) is 3.14. The molecule has 1 fully saturated rings. The Morgan fingerprint density at radius 3 is 2.89 bits per heavy atom. The van der Waals surface area contributed by atoms with Crippen molar-refractivity contribution in [1.29, 1.82) is 5.26 Å². The highest BCUT2D eigenvalue weighted by Gasteiger charge is 2.56. The summed E-state index contributed by atoms with van der Waals surface area (Å²) in [6.45, 7) is 0.859. The summed E-state index contributed by atoms with van der Waals surface area (Å²) in [4.78, 5) is 16.3. The molecule has 0 amide bonds. The van der Waals surface area contributed by atoms with Gasteiger partial charge in [0.05, 0.1) is 12.8 Å². The van der Waals surface area contributed by atoms with Crippen LogP contribution in [0.15, 0.2) is 0 Å². The van der Waals surface area contributed by atoms with Gasteiger partial charge in [-0.15, -0.1) is 0 Å². The Morgan fingerprint density at radius 2 is 2.28 bits per heavy atom. The minimum Gasteiger partial charge on any atom is -0.468 e. The molecule has 3 rings (SSSR count). The van der Waals surface area contributed by atoms with Crippen LogP contribution in [0.5, 0.6) is 0 Å². The second-order valence-electron chi connectivity index (χ2n) is 5.02. The standard InChI is InChI=1S/C13H15N3O2/c1-18-12(17)13(5-6-13)11-15-9(8-14)10-4-2-3-7-16(10)11/h2-7H2,1H3. The molecular formula is C13H15N3O2. The van der Waals surface area contributed by atoms with E-state index in [1.807, 2.05) is 0 Å². The summed E-state index contributed by atoms with van der Waals surface area (Å²) in [6.07, 6.45) is 4.61. The van der Waals surface area contributed by atoms with Crippen LogP contribution in [0.1, 0.15) is 42.9 Å². The summed E-state index contributed by atoms with van der Waals surface area (Å²) < 4.78 is 6.97. The van der Waals surface area contributed by atoms with Gasteiger partial charge in [0.1, 0.15) is 17.3 Å². The maximum absolute atomic E-state index is 11.9. The Bertz CT molecular complexity index is 549. The molecule has 0 unspecified atom stereocenters. The molecule has 1 saturated carbocycles. The molecule has 1 aromatic heterocycles. The highest BCUT2D eigenvalue weighted by Crippen LogP contribution is 2.49. The molecular weight excluding hydrogens is 230 g/mol. The smallest absolute Gasteiger partial charge is 0.319 e. The third-order valence-electron chi connectivity index (χ3n) is 3.98. The lowest BCUT2D eigenvalue weighted by molar-refractivity contribution is -0.144. The monoisotopic (exact) mass is 245 g/mol. The summed E-state index contributed by atoms with van der Waals surface area (Å²) in [6, 6.07) is 2.15. The quantitative estimate of drug-likeness (QED) is 0.736. The fraction of sp³-hybridized carbons (Fsp3) is 0.615. The second-order valence-corrected chi connectivity index (χ2v) is 5.02. The van der Waals surface area contributed by atoms with Gasteiger partial charge in [-0.1, -0.05) is 0 Å². The predicted octanol–water partition coefficient (Wildman–Crippen LogP) is 1.30. The molecule has 5 nitrogen and oxygen atoms in total. The van der Waals surface area contributed by atoms with E-state index in [1.54, 1.807) is 0 Å². The van der Waals surface area contributed by atoms with Crippen molar-refractivity contribution >= 4 is 5.97 Å². The summed E-state index contributed by atoms with van der Waals surface area (Å²) in [5.41, 5.74) is 0.907. The number of nitrogens with zero attached hydrogens (tertiary/aromatic N) is 3. The van der Waals surface area contributed by atoms with Crippen molar-refractivity contribution in [3.05, 3.63) is 17.2 Å². The van der Waals surface area contributed by atoms with E-state index in [1.165, 1.54) is 7.11 Å². The molecule has 0 spiro atoms. The molecule has 0 aromatic carbocycles. The first-order chi connectivity index (χ1) is 8.73. The first-order valence-corrected chi connectivity index (χ1v) is 6.31. The number of carbonyl (C=O) groups excluding carboxylic acids is 1. The van der Waals surface area contributed by atoms with Gasteiger partial charge in [0.25, 0.3) is 0 Å². The highest BCUT2D eigenvalue weighted by molar-refractivity contribution is 5.85. The van der Waals surface area contributed by atoms with Gasteiger partial charge in [0, 0.05) is 6.54 Å². The SMILES string of the molecule is COC(=O)C1(c2nc(C#N)c3n2CCCC3)CC1. The van der Waals surface area contributed by atoms with Crippen molar-refractivity contribution in [2.45, 2.75) is 44.1 Å². The number of hydrogen-bond donors (Lipinski definition) is 0. The highest BCUT2D eigenvalue weighted by atomic mass is 16.5. The van der Waals surface area contributed by atoms with Crippen LogP contribution in [-0.4, -0.2) is 22.6 Å².